The normalized spacial score (nSPS) is 10.4. The van der Waals surface area contributed by atoms with E-state index in [1.54, 1.807) is 25.1 Å². The summed E-state index contributed by atoms with van der Waals surface area (Å²) in [5.41, 5.74) is 0.945. The van der Waals surface area contributed by atoms with Crippen LogP contribution in [-0.4, -0.2) is 9.97 Å². The van der Waals surface area contributed by atoms with Crippen LogP contribution in [0.4, 0.5) is 0 Å². The number of aromatic nitrogens is 2. The highest BCUT2D eigenvalue weighted by Crippen LogP contribution is 2.25. The number of hydrogen-bond acceptors (Lipinski definition) is 3. The third kappa shape index (κ3) is 3.08. The summed E-state index contributed by atoms with van der Waals surface area (Å²) in [6.45, 7) is 3.67. The molecule has 2 rings (SSSR count). The quantitative estimate of drug-likeness (QED) is 0.766. The minimum atomic E-state index is 0.359. The van der Waals surface area contributed by atoms with Crippen LogP contribution >= 0.6 is 23.2 Å². The van der Waals surface area contributed by atoms with Crippen molar-refractivity contribution >= 4 is 23.2 Å². The van der Waals surface area contributed by atoms with Gasteiger partial charge in [-0.1, -0.05) is 23.2 Å². The maximum atomic E-state index is 5.93. The van der Waals surface area contributed by atoms with Gasteiger partial charge in [0, 0.05) is 11.1 Å². The number of benzene rings is 1. The van der Waals surface area contributed by atoms with Gasteiger partial charge in [0.1, 0.15) is 16.7 Å². The molecule has 0 aliphatic heterocycles. The summed E-state index contributed by atoms with van der Waals surface area (Å²) in [6.07, 6.45) is 0. The fourth-order valence-corrected chi connectivity index (χ4v) is 1.69. The van der Waals surface area contributed by atoms with E-state index >= 15 is 0 Å². The van der Waals surface area contributed by atoms with Gasteiger partial charge in [0.05, 0.1) is 0 Å². The summed E-state index contributed by atoms with van der Waals surface area (Å²) in [6, 6.07) is 6.97. The summed E-state index contributed by atoms with van der Waals surface area (Å²) in [4.78, 5) is 8.09. The molecule has 88 valence electrons. The Balaban J connectivity index is 2.28. The van der Waals surface area contributed by atoms with E-state index in [1.165, 1.54) is 0 Å². The first-order chi connectivity index (χ1) is 8.04. The van der Waals surface area contributed by atoms with Crippen molar-refractivity contribution in [3.8, 4) is 11.6 Å². The zero-order chi connectivity index (χ0) is 12.4. The van der Waals surface area contributed by atoms with Crippen LogP contribution in [0.15, 0.2) is 24.3 Å². The lowest BCUT2D eigenvalue weighted by Gasteiger charge is -2.07. The molecule has 17 heavy (non-hydrogen) atoms. The van der Waals surface area contributed by atoms with Gasteiger partial charge in [-0.05, 0) is 37.6 Å². The summed E-state index contributed by atoms with van der Waals surface area (Å²) in [5, 5.41) is 1.06. The Morgan fingerprint density at radius 1 is 1.06 bits per heavy atom. The summed E-state index contributed by atoms with van der Waals surface area (Å²) >= 11 is 11.8. The van der Waals surface area contributed by atoms with Crippen molar-refractivity contribution in [1.29, 1.82) is 0 Å². The van der Waals surface area contributed by atoms with Gasteiger partial charge in [-0.15, -0.1) is 0 Å². The molecule has 0 atom stereocenters. The first-order valence-corrected chi connectivity index (χ1v) is 5.75. The third-order valence-corrected chi connectivity index (χ3v) is 2.75. The average Bonchev–Trinajstić information content (AvgIpc) is 2.22. The second-order valence-corrected chi connectivity index (χ2v) is 4.38. The van der Waals surface area contributed by atoms with Crippen LogP contribution in [0.1, 0.15) is 11.4 Å². The van der Waals surface area contributed by atoms with E-state index in [0.29, 0.717) is 27.6 Å². The first-order valence-electron chi connectivity index (χ1n) is 5.00. The minimum absolute atomic E-state index is 0.359. The molecule has 3 nitrogen and oxygen atoms in total. The molecule has 0 fully saturated rings. The molecule has 1 aromatic heterocycles. The Morgan fingerprint density at radius 2 is 1.82 bits per heavy atom. The molecule has 1 heterocycles. The zero-order valence-electron chi connectivity index (χ0n) is 9.37. The standard InChI is InChI=1S/C12H10Cl2N2O/c1-7-5-9(3-4-10(7)13)17-12-6-11(14)15-8(2)16-12/h3-6H,1-2H3. The van der Waals surface area contributed by atoms with Crippen LogP contribution in [0.25, 0.3) is 0 Å². The van der Waals surface area contributed by atoms with E-state index in [2.05, 4.69) is 9.97 Å². The molecule has 0 spiro atoms. The number of halogens is 2. The van der Waals surface area contributed by atoms with Crippen LogP contribution in [0.3, 0.4) is 0 Å². The number of hydrogen-bond donors (Lipinski definition) is 0. The molecule has 0 unspecified atom stereocenters. The molecule has 0 saturated carbocycles. The molecule has 1 aromatic carbocycles. The largest absolute Gasteiger partial charge is 0.439 e. The Labute approximate surface area is 109 Å². The molecule has 0 aliphatic carbocycles. The van der Waals surface area contributed by atoms with Gasteiger partial charge in [0.25, 0.3) is 0 Å². The second kappa shape index (κ2) is 4.90. The molecule has 0 radical (unpaired) electrons. The maximum absolute atomic E-state index is 5.93. The molecular weight excluding hydrogens is 259 g/mol. The highest BCUT2D eigenvalue weighted by molar-refractivity contribution is 6.31. The number of rotatable bonds is 2. The monoisotopic (exact) mass is 268 g/mol. The van der Waals surface area contributed by atoms with Gasteiger partial charge in [-0.3, -0.25) is 0 Å². The van der Waals surface area contributed by atoms with E-state index < -0.39 is 0 Å². The lowest BCUT2D eigenvalue weighted by Crippen LogP contribution is -1.93. The van der Waals surface area contributed by atoms with Crippen molar-refractivity contribution in [2.24, 2.45) is 0 Å². The molecule has 0 amide bonds. The van der Waals surface area contributed by atoms with Crippen molar-refractivity contribution in [2.75, 3.05) is 0 Å². The number of ether oxygens (including phenoxy) is 1. The third-order valence-electron chi connectivity index (χ3n) is 2.14. The van der Waals surface area contributed by atoms with Crippen LogP contribution in [-0.2, 0) is 0 Å². The average molecular weight is 269 g/mol. The van der Waals surface area contributed by atoms with E-state index in [1.807, 2.05) is 13.0 Å². The van der Waals surface area contributed by atoms with Crippen molar-refractivity contribution in [3.63, 3.8) is 0 Å². The lowest BCUT2D eigenvalue weighted by atomic mass is 10.2. The number of nitrogens with zero attached hydrogens (tertiary/aromatic N) is 2. The molecular formula is C12H10Cl2N2O. The van der Waals surface area contributed by atoms with Crippen molar-refractivity contribution < 1.29 is 4.74 Å². The Bertz CT molecular complexity index is 538. The Morgan fingerprint density at radius 3 is 2.47 bits per heavy atom. The number of aryl methyl sites for hydroxylation is 2. The van der Waals surface area contributed by atoms with E-state index in [9.17, 15) is 0 Å². The predicted molar refractivity (Wildman–Crippen MR) is 68.0 cm³/mol. The second-order valence-electron chi connectivity index (χ2n) is 3.59. The SMILES string of the molecule is Cc1nc(Cl)cc(Oc2ccc(Cl)c(C)c2)n1. The van der Waals surface area contributed by atoms with Gasteiger partial charge in [0.2, 0.25) is 5.88 Å². The van der Waals surface area contributed by atoms with Crippen molar-refractivity contribution in [2.45, 2.75) is 13.8 Å². The van der Waals surface area contributed by atoms with E-state index in [4.69, 9.17) is 27.9 Å². The van der Waals surface area contributed by atoms with Gasteiger partial charge in [0.15, 0.2) is 0 Å². The highest BCUT2D eigenvalue weighted by atomic mass is 35.5. The van der Waals surface area contributed by atoms with Gasteiger partial charge in [-0.2, -0.15) is 4.98 Å². The van der Waals surface area contributed by atoms with E-state index in [-0.39, 0.29) is 0 Å². The molecule has 2 aromatic rings. The topological polar surface area (TPSA) is 35.0 Å². The molecule has 0 N–H and O–H groups in total. The van der Waals surface area contributed by atoms with Crippen LogP contribution < -0.4 is 4.74 Å². The smallest absolute Gasteiger partial charge is 0.224 e. The fourth-order valence-electron chi connectivity index (χ4n) is 1.36. The minimum Gasteiger partial charge on any atom is -0.439 e. The van der Waals surface area contributed by atoms with Crippen LogP contribution in [0.2, 0.25) is 10.2 Å². The zero-order valence-corrected chi connectivity index (χ0v) is 10.9. The fraction of sp³-hybridized carbons (Fsp3) is 0.167. The van der Waals surface area contributed by atoms with E-state index in [0.717, 1.165) is 5.56 Å². The summed E-state index contributed by atoms with van der Waals surface area (Å²) in [5.74, 6) is 1.66. The van der Waals surface area contributed by atoms with Crippen LogP contribution in [0.5, 0.6) is 11.6 Å². The molecule has 0 bridgehead atoms. The molecule has 0 saturated heterocycles. The van der Waals surface area contributed by atoms with Gasteiger partial charge < -0.3 is 4.74 Å². The van der Waals surface area contributed by atoms with Gasteiger partial charge in [-0.25, -0.2) is 4.98 Å². The lowest BCUT2D eigenvalue weighted by molar-refractivity contribution is 0.459. The summed E-state index contributed by atoms with van der Waals surface area (Å²) in [7, 11) is 0. The molecule has 0 aliphatic rings. The molecule has 5 heteroatoms. The predicted octanol–water partition coefficient (Wildman–Crippen LogP) is 4.19. The van der Waals surface area contributed by atoms with Crippen molar-refractivity contribution in [3.05, 3.63) is 45.8 Å². The maximum Gasteiger partial charge on any atom is 0.224 e. The van der Waals surface area contributed by atoms with Crippen LogP contribution in [0, 0.1) is 13.8 Å². The first kappa shape index (κ1) is 12.1. The Kier molecular flexibility index (Phi) is 3.50. The highest BCUT2D eigenvalue weighted by Gasteiger charge is 2.04. The summed E-state index contributed by atoms with van der Waals surface area (Å²) < 4.78 is 5.58. The van der Waals surface area contributed by atoms with Gasteiger partial charge >= 0.3 is 0 Å². The van der Waals surface area contributed by atoms with Crippen molar-refractivity contribution in [1.82, 2.24) is 9.97 Å². The Hall–Kier alpha value is -1.32.